The Labute approximate surface area is 171 Å². The summed E-state index contributed by atoms with van der Waals surface area (Å²) >= 11 is 0. The standard InChI is InChI=1S/C19H30N4O6/c1-5-23(6-2)19(26)29-12-9-22(7-10-27-17(24)15(3)13-20)8-11-28-18(25)16(4)14-21/h13-14,20-21H,3-12H2,1-2H3. The van der Waals surface area contributed by atoms with E-state index >= 15 is 0 Å². The van der Waals surface area contributed by atoms with E-state index in [2.05, 4.69) is 13.2 Å². The molecule has 2 N–H and O–H groups in total. The van der Waals surface area contributed by atoms with Gasteiger partial charge in [-0.05, 0) is 13.8 Å². The lowest BCUT2D eigenvalue weighted by Crippen LogP contribution is -2.37. The van der Waals surface area contributed by atoms with Gasteiger partial charge in [0, 0.05) is 45.2 Å². The molecule has 10 nitrogen and oxygen atoms in total. The lowest BCUT2D eigenvalue weighted by atomic mass is 10.3. The zero-order chi connectivity index (χ0) is 22.2. The van der Waals surface area contributed by atoms with E-state index in [0.717, 1.165) is 12.4 Å². The van der Waals surface area contributed by atoms with Crippen LogP contribution in [0.2, 0.25) is 0 Å². The first kappa shape index (κ1) is 26.0. The van der Waals surface area contributed by atoms with Crippen LogP contribution in [0.15, 0.2) is 24.3 Å². The van der Waals surface area contributed by atoms with Crippen molar-refractivity contribution in [2.45, 2.75) is 13.8 Å². The summed E-state index contributed by atoms with van der Waals surface area (Å²) in [6.07, 6.45) is 1.20. The molecule has 0 fully saturated rings. The van der Waals surface area contributed by atoms with Crippen molar-refractivity contribution in [2.24, 2.45) is 0 Å². The number of nitrogens with one attached hydrogen (secondary N) is 2. The molecule has 29 heavy (non-hydrogen) atoms. The van der Waals surface area contributed by atoms with E-state index in [-0.39, 0.29) is 31.0 Å². The van der Waals surface area contributed by atoms with Gasteiger partial charge in [0.15, 0.2) is 0 Å². The molecule has 0 saturated heterocycles. The van der Waals surface area contributed by atoms with Crippen molar-refractivity contribution in [3.8, 4) is 0 Å². The number of hydrogen-bond donors (Lipinski definition) is 2. The quantitative estimate of drug-likeness (QED) is 0.180. The third-order valence-electron chi connectivity index (χ3n) is 3.81. The number of ether oxygens (including phenoxy) is 3. The number of hydrogen-bond acceptors (Lipinski definition) is 9. The van der Waals surface area contributed by atoms with E-state index in [1.165, 1.54) is 0 Å². The molecule has 1 amide bonds. The van der Waals surface area contributed by atoms with Gasteiger partial charge in [-0.15, -0.1) is 0 Å². The minimum Gasteiger partial charge on any atom is -0.461 e. The number of amides is 1. The third kappa shape index (κ3) is 10.8. The first-order valence-electron chi connectivity index (χ1n) is 9.17. The summed E-state index contributed by atoms with van der Waals surface area (Å²) in [6.45, 7) is 12.6. The van der Waals surface area contributed by atoms with Crippen LogP contribution in [0.4, 0.5) is 4.79 Å². The van der Waals surface area contributed by atoms with Crippen LogP contribution in [-0.2, 0) is 23.8 Å². The Morgan fingerprint density at radius 3 is 1.52 bits per heavy atom. The molecule has 162 valence electrons. The number of esters is 2. The molecule has 0 aromatic carbocycles. The number of nitrogens with zero attached hydrogens (tertiary/aromatic N) is 2. The average molecular weight is 410 g/mol. The smallest absolute Gasteiger partial charge is 0.409 e. The fourth-order valence-electron chi connectivity index (χ4n) is 2.01. The maximum atomic E-state index is 11.9. The zero-order valence-electron chi connectivity index (χ0n) is 17.1. The Morgan fingerprint density at radius 1 is 0.793 bits per heavy atom. The SMILES string of the molecule is C=C(C=N)C(=O)OCCN(CCOC(=O)C(=C)C=N)CCOC(=O)N(CC)CC. The van der Waals surface area contributed by atoms with Gasteiger partial charge < -0.3 is 29.9 Å². The van der Waals surface area contributed by atoms with Crippen LogP contribution in [0.5, 0.6) is 0 Å². The second kappa shape index (κ2) is 15.0. The van der Waals surface area contributed by atoms with Crippen LogP contribution >= 0.6 is 0 Å². The Balaban J connectivity index is 4.59. The van der Waals surface area contributed by atoms with Gasteiger partial charge >= 0.3 is 18.0 Å². The second-order valence-corrected chi connectivity index (χ2v) is 5.74. The summed E-state index contributed by atoms with van der Waals surface area (Å²) < 4.78 is 15.2. The van der Waals surface area contributed by atoms with Crippen LogP contribution in [0.3, 0.4) is 0 Å². The van der Waals surface area contributed by atoms with Crippen molar-refractivity contribution in [2.75, 3.05) is 52.5 Å². The number of carbonyl (C=O) groups excluding carboxylic acids is 3. The zero-order valence-corrected chi connectivity index (χ0v) is 17.1. The molecule has 10 heteroatoms. The summed E-state index contributed by atoms with van der Waals surface area (Å²) in [5.41, 5.74) is -0.132. The lowest BCUT2D eigenvalue weighted by molar-refractivity contribution is -0.139. The summed E-state index contributed by atoms with van der Waals surface area (Å²) in [5.74, 6) is -1.39. The molecule has 0 radical (unpaired) electrons. The normalized spacial score (nSPS) is 10.0. The number of carbonyl (C=O) groups is 3. The highest BCUT2D eigenvalue weighted by atomic mass is 16.6. The van der Waals surface area contributed by atoms with Gasteiger partial charge in [0.2, 0.25) is 0 Å². The molecule has 0 rings (SSSR count). The average Bonchev–Trinajstić information content (AvgIpc) is 2.72. The molecule has 0 heterocycles. The van der Waals surface area contributed by atoms with E-state index < -0.39 is 18.0 Å². The van der Waals surface area contributed by atoms with Gasteiger partial charge in [0.1, 0.15) is 19.8 Å². The fourth-order valence-corrected chi connectivity index (χ4v) is 2.01. The van der Waals surface area contributed by atoms with Gasteiger partial charge in [0.25, 0.3) is 0 Å². The summed E-state index contributed by atoms with van der Waals surface area (Å²) in [6, 6.07) is 0. The maximum absolute atomic E-state index is 11.9. The maximum Gasteiger partial charge on any atom is 0.409 e. The van der Waals surface area contributed by atoms with E-state index in [1.54, 1.807) is 9.80 Å². The molecule has 0 aliphatic rings. The van der Waals surface area contributed by atoms with Crippen molar-refractivity contribution in [1.29, 1.82) is 10.8 Å². The molecule has 0 unspecified atom stereocenters. The van der Waals surface area contributed by atoms with Crippen molar-refractivity contribution < 1.29 is 28.6 Å². The predicted octanol–water partition coefficient (Wildman–Crippen LogP) is 1.26. The minimum absolute atomic E-state index is 0.0246. The van der Waals surface area contributed by atoms with Crippen LogP contribution in [0.25, 0.3) is 0 Å². The van der Waals surface area contributed by atoms with Crippen LogP contribution in [0, 0.1) is 10.8 Å². The van der Waals surface area contributed by atoms with Gasteiger partial charge in [-0.25, -0.2) is 14.4 Å². The minimum atomic E-state index is -0.693. The van der Waals surface area contributed by atoms with Crippen molar-refractivity contribution in [3.05, 3.63) is 24.3 Å². The van der Waals surface area contributed by atoms with Crippen LogP contribution < -0.4 is 0 Å². The van der Waals surface area contributed by atoms with E-state index in [4.69, 9.17) is 25.0 Å². The molecule has 0 aromatic heterocycles. The monoisotopic (exact) mass is 410 g/mol. The van der Waals surface area contributed by atoms with Crippen molar-refractivity contribution >= 4 is 30.5 Å². The number of rotatable bonds is 15. The Morgan fingerprint density at radius 2 is 1.17 bits per heavy atom. The molecule has 0 aliphatic carbocycles. The Bertz CT molecular complexity index is 578. The lowest BCUT2D eigenvalue weighted by Gasteiger charge is -2.23. The van der Waals surface area contributed by atoms with Crippen molar-refractivity contribution in [3.63, 3.8) is 0 Å². The Kier molecular flexibility index (Phi) is 13.4. The van der Waals surface area contributed by atoms with Gasteiger partial charge in [-0.1, -0.05) is 13.2 Å². The van der Waals surface area contributed by atoms with E-state index in [0.29, 0.717) is 32.7 Å². The topological polar surface area (TPSA) is 133 Å². The molecule has 0 aromatic rings. The Hall–Kier alpha value is -3.01. The van der Waals surface area contributed by atoms with Crippen LogP contribution in [0.1, 0.15) is 13.8 Å². The highest BCUT2D eigenvalue weighted by Gasteiger charge is 2.14. The first-order valence-corrected chi connectivity index (χ1v) is 9.17. The van der Waals surface area contributed by atoms with Gasteiger partial charge in [0.05, 0.1) is 11.1 Å². The summed E-state index contributed by atoms with van der Waals surface area (Å²) in [7, 11) is 0. The highest BCUT2D eigenvalue weighted by molar-refractivity contribution is 6.08. The molecular weight excluding hydrogens is 380 g/mol. The predicted molar refractivity (Wildman–Crippen MR) is 108 cm³/mol. The largest absolute Gasteiger partial charge is 0.461 e. The molecule has 0 spiro atoms. The first-order chi connectivity index (χ1) is 13.8. The summed E-state index contributed by atoms with van der Waals surface area (Å²) in [5, 5.41) is 14.0. The van der Waals surface area contributed by atoms with E-state index in [1.807, 2.05) is 13.8 Å². The van der Waals surface area contributed by atoms with Gasteiger partial charge in [-0.3, -0.25) is 4.90 Å². The van der Waals surface area contributed by atoms with Crippen molar-refractivity contribution in [1.82, 2.24) is 9.80 Å². The highest BCUT2D eigenvalue weighted by Crippen LogP contribution is 1.98. The summed E-state index contributed by atoms with van der Waals surface area (Å²) in [4.78, 5) is 38.3. The van der Waals surface area contributed by atoms with Gasteiger partial charge in [-0.2, -0.15) is 0 Å². The fraction of sp³-hybridized carbons (Fsp3) is 0.526. The van der Waals surface area contributed by atoms with E-state index in [9.17, 15) is 14.4 Å². The van der Waals surface area contributed by atoms with Crippen LogP contribution in [-0.4, -0.2) is 92.8 Å². The molecule has 0 saturated carbocycles. The second-order valence-electron chi connectivity index (χ2n) is 5.74. The molecular formula is C19H30N4O6. The third-order valence-corrected chi connectivity index (χ3v) is 3.81. The molecule has 0 aliphatic heterocycles. The molecule has 0 atom stereocenters. The molecule has 0 bridgehead atoms.